The van der Waals surface area contributed by atoms with E-state index in [1.165, 1.54) is 5.56 Å². The van der Waals surface area contributed by atoms with Gasteiger partial charge in [0.25, 0.3) is 0 Å². The van der Waals surface area contributed by atoms with Crippen LogP contribution < -0.4 is 20.1 Å². The van der Waals surface area contributed by atoms with E-state index in [4.69, 9.17) is 9.47 Å². The summed E-state index contributed by atoms with van der Waals surface area (Å²) in [5.74, 6) is 1.70. The fourth-order valence-electron chi connectivity index (χ4n) is 2.09. The molecule has 1 aliphatic heterocycles. The zero-order valence-electron chi connectivity index (χ0n) is 10.5. The summed E-state index contributed by atoms with van der Waals surface area (Å²) in [5, 5.41) is 6.51. The van der Waals surface area contributed by atoms with E-state index >= 15 is 0 Å². The van der Waals surface area contributed by atoms with Crippen molar-refractivity contribution < 1.29 is 9.47 Å². The Balaban J connectivity index is 2.03. The predicted octanol–water partition coefficient (Wildman–Crippen LogP) is 1.68. The van der Waals surface area contributed by atoms with Crippen molar-refractivity contribution in [2.75, 3.05) is 27.4 Å². The van der Waals surface area contributed by atoms with Crippen LogP contribution in [0, 0.1) is 0 Å². The SMILES string of the molecule is CNCCCC(NC)c1ccc2c(c1)OCO2. The van der Waals surface area contributed by atoms with E-state index < -0.39 is 0 Å². The molecule has 0 fully saturated rings. The van der Waals surface area contributed by atoms with Crippen molar-refractivity contribution in [1.29, 1.82) is 0 Å². The van der Waals surface area contributed by atoms with Crippen molar-refractivity contribution >= 4 is 0 Å². The van der Waals surface area contributed by atoms with Gasteiger partial charge in [0.2, 0.25) is 6.79 Å². The van der Waals surface area contributed by atoms with Crippen molar-refractivity contribution in [3.8, 4) is 11.5 Å². The van der Waals surface area contributed by atoms with Crippen LogP contribution in [0.15, 0.2) is 18.2 Å². The first-order valence-corrected chi connectivity index (χ1v) is 6.06. The molecule has 1 heterocycles. The summed E-state index contributed by atoms with van der Waals surface area (Å²) in [4.78, 5) is 0. The molecule has 0 aliphatic carbocycles. The Morgan fingerprint density at radius 2 is 2.06 bits per heavy atom. The van der Waals surface area contributed by atoms with Crippen molar-refractivity contribution in [3.63, 3.8) is 0 Å². The Morgan fingerprint density at radius 1 is 1.24 bits per heavy atom. The number of fused-ring (bicyclic) bond motifs is 1. The molecule has 94 valence electrons. The summed E-state index contributed by atoms with van der Waals surface area (Å²) in [6.45, 7) is 1.38. The highest BCUT2D eigenvalue weighted by atomic mass is 16.7. The van der Waals surface area contributed by atoms with Crippen molar-refractivity contribution in [3.05, 3.63) is 23.8 Å². The van der Waals surface area contributed by atoms with Gasteiger partial charge in [-0.3, -0.25) is 0 Å². The molecule has 0 radical (unpaired) electrons. The molecule has 0 saturated heterocycles. The van der Waals surface area contributed by atoms with Crippen LogP contribution in [0.5, 0.6) is 11.5 Å². The molecule has 17 heavy (non-hydrogen) atoms. The van der Waals surface area contributed by atoms with E-state index in [9.17, 15) is 0 Å². The molecule has 0 saturated carbocycles. The van der Waals surface area contributed by atoms with Crippen LogP contribution in [0.25, 0.3) is 0 Å². The molecular formula is C13H20N2O2. The highest BCUT2D eigenvalue weighted by molar-refractivity contribution is 5.45. The maximum absolute atomic E-state index is 5.40. The zero-order chi connectivity index (χ0) is 12.1. The molecule has 1 atom stereocenters. The minimum absolute atomic E-state index is 0.336. The van der Waals surface area contributed by atoms with E-state index in [2.05, 4.69) is 22.8 Å². The third-order valence-electron chi connectivity index (χ3n) is 3.07. The standard InChI is InChI=1S/C13H20N2O2/c1-14-7-3-4-11(15-2)10-5-6-12-13(8-10)17-9-16-12/h5-6,8,11,14-15H,3-4,7,9H2,1-2H3. The molecule has 4 nitrogen and oxygen atoms in total. The van der Waals surface area contributed by atoms with E-state index in [0.717, 1.165) is 30.9 Å². The Bertz CT molecular complexity index is 368. The summed E-state index contributed by atoms with van der Waals surface area (Å²) >= 11 is 0. The average Bonchev–Trinajstić information content (AvgIpc) is 2.82. The Hall–Kier alpha value is -1.26. The molecule has 0 spiro atoms. The third kappa shape index (κ3) is 2.90. The molecule has 1 aliphatic rings. The number of ether oxygens (including phenoxy) is 2. The summed E-state index contributed by atoms with van der Waals surface area (Å²) in [5.41, 5.74) is 1.26. The predicted molar refractivity (Wildman–Crippen MR) is 67.5 cm³/mol. The fourth-order valence-corrected chi connectivity index (χ4v) is 2.09. The molecule has 0 bridgehead atoms. The van der Waals surface area contributed by atoms with Crippen LogP contribution >= 0.6 is 0 Å². The molecule has 2 rings (SSSR count). The monoisotopic (exact) mass is 236 g/mol. The lowest BCUT2D eigenvalue weighted by molar-refractivity contribution is 0.174. The van der Waals surface area contributed by atoms with Gasteiger partial charge in [-0.25, -0.2) is 0 Å². The number of nitrogens with one attached hydrogen (secondary N) is 2. The topological polar surface area (TPSA) is 42.5 Å². The van der Waals surface area contributed by atoms with Gasteiger partial charge >= 0.3 is 0 Å². The molecule has 1 aromatic carbocycles. The van der Waals surface area contributed by atoms with E-state index in [-0.39, 0.29) is 0 Å². The van der Waals surface area contributed by atoms with Gasteiger partial charge in [0.15, 0.2) is 11.5 Å². The van der Waals surface area contributed by atoms with Crippen molar-refractivity contribution in [2.45, 2.75) is 18.9 Å². The summed E-state index contributed by atoms with van der Waals surface area (Å²) in [6.07, 6.45) is 2.26. The van der Waals surface area contributed by atoms with Gasteiger partial charge in [-0.05, 0) is 51.2 Å². The maximum atomic E-state index is 5.40. The van der Waals surface area contributed by atoms with Crippen molar-refractivity contribution in [1.82, 2.24) is 10.6 Å². The largest absolute Gasteiger partial charge is 0.454 e. The number of rotatable bonds is 6. The second kappa shape index (κ2) is 5.89. The van der Waals surface area contributed by atoms with Gasteiger partial charge in [0.1, 0.15) is 0 Å². The zero-order valence-corrected chi connectivity index (χ0v) is 10.5. The lowest BCUT2D eigenvalue weighted by atomic mass is 10.0. The molecule has 4 heteroatoms. The van der Waals surface area contributed by atoms with Crippen LogP contribution in [0.1, 0.15) is 24.4 Å². The van der Waals surface area contributed by atoms with Crippen molar-refractivity contribution in [2.24, 2.45) is 0 Å². The molecule has 1 aromatic rings. The second-order valence-electron chi connectivity index (χ2n) is 4.20. The minimum Gasteiger partial charge on any atom is -0.454 e. The first-order valence-electron chi connectivity index (χ1n) is 6.06. The Labute approximate surface area is 102 Å². The highest BCUT2D eigenvalue weighted by Gasteiger charge is 2.16. The summed E-state index contributed by atoms with van der Waals surface area (Å²) in [6, 6.07) is 6.54. The molecule has 0 aromatic heterocycles. The van der Waals surface area contributed by atoms with Gasteiger partial charge in [0, 0.05) is 6.04 Å². The first kappa shape index (κ1) is 12.2. The van der Waals surface area contributed by atoms with Gasteiger partial charge in [-0.15, -0.1) is 0 Å². The van der Waals surface area contributed by atoms with Gasteiger partial charge < -0.3 is 20.1 Å². The van der Waals surface area contributed by atoms with Crippen LogP contribution in [0.4, 0.5) is 0 Å². The smallest absolute Gasteiger partial charge is 0.231 e. The van der Waals surface area contributed by atoms with Gasteiger partial charge in [0.05, 0.1) is 0 Å². The normalized spacial score (nSPS) is 14.9. The molecule has 1 unspecified atom stereocenters. The van der Waals surface area contributed by atoms with Crippen LogP contribution in [0.2, 0.25) is 0 Å². The van der Waals surface area contributed by atoms with Crippen LogP contribution in [-0.4, -0.2) is 27.4 Å². The van der Waals surface area contributed by atoms with Crippen LogP contribution in [0.3, 0.4) is 0 Å². The maximum Gasteiger partial charge on any atom is 0.231 e. The fraction of sp³-hybridized carbons (Fsp3) is 0.538. The van der Waals surface area contributed by atoms with Gasteiger partial charge in [-0.2, -0.15) is 0 Å². The lowest BCUT2D eigenvalue weighted by Crippen LogP contribution is -2.18. The number of hydrogen-bond donors (Lipinski definition) is 2. The number of benzene rings is 1. The van der Waals surface area contributed by atoms with Crippen LogP contribution in [-0.2, 0) is 0 Å². The average molecular weight is 236 g/mol. The lowest BCUT2D eigenvalue weighted by Gasteiger charge is -2.16. The first-order chi connectivity index (χ1) is 8.35. The third-order valence-corrected chi connectivity index (χ3v) is 3.07. The molecular weight excluding hydrogens is 216 g/mol. The minimum atomic E-state index is 0.336. The number of hydrogen-bond acceptors (Lipinski definition) is 4. The second-order valence-corrected chi connectivity index (χ2v) is 4.20. The highest BCUT2D eigenvalue weighted by Crippen LogP contribution is 2.34. The Kier molecular flexibility index (Phi) is 4.23. The quantitative estimate of drug-likeness (QED) is 0.737. The van der Waals surface area contributed by atoms with E-state index in [1.807, 2.05) is 20.2 Å². The molecule has 0 amide bonds. The summed E-state index contributed by atoms with van der Waals surface area (Å²) in [7, 11) is 3.98. The van der Waals surface area contributed by atoms with E-state index in [0.29, 0.717) is 12.8 Å². The summed E-state index contributed by atoms with van der Waals surface area (Å²) < 4.78 is 10.7. The molecule has 2 N–H and O–H groups in total. The van der Waals surface area contributed by atoms with E-state index in [1.54, 1.807) is 0 Å². The van der Waals surface area contributed by atoms with Gasteiger partial charge in [-0.1, -0.05) is 6.07 Å². The Morgan fingerprint density at radius 3 is 2.82 bits per heavy atom.